The Kier molecular flexibility index (Phi) is 3.29. The van der Waals surface area contributed by atoms with E-state index in [0.29, 0.717) is 12.5 Å². The number of rotatable bonds is 4. The number of aromatic nitrogens is 3. The Morgan fingerprint density at radius 1 is 1.24 bits per heavy atom. The zero-order valence-electron chi connectivity index (χ0n) is 12.7. The minimum absolute atomic E-state index is 0.663. The number of furan rings is 1. The first-order valence-electron chi connectivity index (χ1n) is 6.83. The van der Waals surface area contributed by atoms with Crippen molar-refractivity contribution in [3.8, 4) is 0 Å². The van der Waals surface area contributed by atoms with Gasteiger partial charge in [0.25, 0.3) is 0 Å². The molecule has 0 aliphatic rings. The lowest BCUT2D eigenvalue weighted by Gasteiger charge is -2.20. The molecule has 3 heterocycles. The third kappa shape index (κ3) is 2.56. The van der Waals surface area contributed by atoms with Crippen molar-refractivity contribution in [1.82, 2.24) is 15.0 Å². The lowest BCUT2D eigenvalue weighted by Crippen LogP contribution is -2.20. The number of hydrogen-bond acceptors (Lipinski definition) is 5. The highest BCUT2D eigenvalue weighted by atomic mass is 16.3. The second-order valence-electron chi connectivity index (χ2n) is 5.39. The standard InChI is InChI=1S/C15H19N5O/c1-10-8-12-13(16-10)17-15(19(2)3)18-14(12)20(4)9-11-6-5-7-21-11/h5-8H,9H2,1-4H3,(H,16,17,18). The van der Waals surface area contributed by atoms with Crippen molar-refractivity contribution in [2.24, 2.45) is 0 Å². The molecule has 21 heavy (non-hydrogen) atoms. The van der Waals surface area contributed by atoms with Crippen LogP contribution in [0.2, 0.25) is 0 Å². The van der Waals surface area contributed by atoms with Gasteiger partial charge in [0.1, 0.15) is 17.2 Å². The molecule has 0 spiro atoms. The van der Waals surface area contributed by atoms with E-state index in [1.165, 1.54) is 0 Å². The van der Waals surface area contributed by atoms with Crippen LogP contribution >= 0.6 is 0 Å². The van der Waals surface area contributed by atoms with Crippen LogP contribution in [0.25, 0.3) is 11.0 Å². The zero-order chi connectivity index (χ0) is 15.0. The summed E-state index contributed by atoms with van der Waals surface area (Å²) < 4.78 is 5.42. The molecule has 3 aromatic rings. The smallest absolute Gasteiger partial charge is 0.228 e. The van der Waals surface area contributed by atoms with Gasteiger partial charge in [-0.2, -0.15) is 9.97 Å². The number of nitrogens with one attached hydrogen (secondary N) is 1. The third-order valence-electron chi connectivity index (χ3n) is 3.32. The molecule has 6 nitrogen and oxygen atoms in total. The van der Waals surface area contributed by atoms with Gasteiger partial charge in [-0.05, 0) is 25.1 Å². The summed E-state index contributed by atoms with van der Waals surface area (Å²) in [5.74, 6) is 2.48. The summed E-state index contributed by atoms with van der Waals surface area (Å²) in [5, 5.41) is 1.02. The maximum absolute atomic E-state index is 5.42. The van der Waals surface area contributed by atoms with Crippen molar-refractivity contribution in [1.29, 1.82) is 0 Å². The Bertz CT molecular complexity index is 745. The second kappa shape index (κ2) is 5.12. The van der Waals surface area contributed by atoms with Crippen molar-refractivity contribution in [2.45, 2.75) is 13.5 Å². The normalized spacial score (nSPS) is 11.0. The second-order valence-corrected chi connectivity index (χ2v) is 5.39. The molecule has 0 saturated heterocycles. The molecule has 3 rings (SSSR count). The van der Waals surface area contributed by atoms with Gasteiger partial charge in [-0.25, -0.2) is 0 Å². The van der Waals surface area contributed by atoms with E-state index in [0.717, 1.165) is 28.3 Å². The molecule has 0 aliphatic heterocycles. The van der Waals surface area contributed by atoms with E-state index in [4.69, 9.17) is 4.42 Å². The molecule has 0 bridgehead atoms. The maximum Gasteiger partial charge on any atom is 0.228 e. The molecule has 0 atom stereocenters. The minimum atomic E-state index is 0.663. The van der Waals surface area contributed by atoms with Crippen LogP contribution in [-0.2, 0) is 6.54 Å². The van der Waals surface area contributed by atoms with E-state index in [9.17, 15) is 0 Å². The van der Waals surface area contributed by atoms with Crippen molar-refractivity contribution in [3.05, 3.63) is 35.9 Å². The van der Waals surface area contributed by atoms with Gasteiger partial charge >= 0.3 is 0 Å². The number of hydrogen-bond donors (Lipinski definition) is 1. The number of H-pyrrole nitrogens is 1. The topological polar surface area (TPSA) is 61.2 Å². The van der Waals surface area contributed by atoms with Gasteiger partial charge < -0.3 is 19.2 Å². The molecular weight excluding hydrogens is 266 g/mol. The number of aryl methyl sites for hydroxylation is 1. The van der Waals surface area contributed by atoms with Crippen LogP contribution in [0.15, 0.2) is 28.9 Å². The first-order chi connectivity index (χ1) is 10.0. The summed E-state index contributed by atoms with van der Waals surface area (Å²) in [6.07, 6.45) is 1.68. The summed E-state index contributed by atoms with van der Waals surface area (Å²) in [7, 11) is 5.88. The Balaban J connectivity index is 2.06. The molecule has 0 aromatic carbocycles. The van der Waals surface area contributed by atoms with Gasteiger partial charge in [0.15, 0.2) is 0 Å². The summed E-state index contributed by atoms with van der Waals surface area (Å²) in [6.45, 7) is 2.68. The van der Waals surface area contributed by atoms with Crippen LogP contribution in [0.5, 0.6) is 0 Å². The van der Waals surface area contributed by atoms with E-state index < -0.39 is 0 Å². The predicted molar refractivity (Wildman–Crippen MR) is 83.8 cm³/mol. The van der Waals surface area contributed by atoms with Crippen molar-refractivity contribution in [2.75, 3.05) is 30.9 Å². The molecule has 0 unspecified atom stereocenters. The van der Waals surface area contributed by atoms with Crippen LogP contribution in [-0.4, -0.2) is 36.1 Å². The van der Waals surface area contributed by atoms with Gasteiger partial charge in [0.05, 0.1) is 18.2 Å². The van der Waals surface area contributed by atoms with Crippen LogP contribution in [0.1, 0.15) is 11.5 Å². The van der Waals surface area contributed by atoms with Gasteiger partial charge in [-0.3, -0.25) is 0 Å². The molecule has 6 heteroatoms. The van der Waals surface area contributed by atoms with E-state index in [-0.39, 0.29) is 0 Å². The number of anilines is 2. The molecule has 3 aromatic heterocycles. The van der Waals surface area contributed by atoms with E-state index in [1.54, 1.807) is 6.26 Å². The van der Waals surface area contributed by atoms with E-state index in [2.05, 4.69) is 25.9 Å². The van der Waals surface area contributed by atoms with E-state index >= 15 is 0 Å². The molecule has 110 valence electrons. The molecule has 1 N–H and O–H groups in total. The maximum atomic E-state index is 5.42. The number of aromatic amines is 1. The lowest BCUT2D eigenvalue weighted by atomic mass is 10.3. The molecular formula is C15H19N5O. The van der Waals surface area contributed by atoms with Crippen molar-refractivity contribution in [3.63, 3.8) is 0 Å². The van der Waals surface area contributed by atoms with Gasteiger partial charge in [-0.1, -0.05) is 0 Å². The number of nitrogens with zero attached hydrogens (tertiary/aromatic N) is 4. The molecule has 0 aliphatic carbocycles. The Morgan fingerprint density at radius 3 is 2.71 bits per heavy atom. The zero-order valence-corrected chi connectivity index (χ0v) is 12.7. The molecule has 0 fully saturated rings. The first kappa shape index (κ1) is 13.5. The fourth-order valence-electron chi connectivity index (χ4n) is 2.32. The van der Waals surface area contributed by atoms with Crippen LogP contribution in [0.4, 0.5) is 11.8 Å². The first-order valence-corrected chi connectivity index (χ1v) is 6.83. The largest absolute Gasteiger partial charge is 0.467 e. The summed E-state index contributed by atoms with van der Waals surface area (Å²) >= 11 is 0. The lowest BCUT2D eigenvalue weighted by molar-refractivity contribution is 0.507. The average Bonchev–Trinajstić information content (AvgIpc) is 3.05. The minimum Gasteiger partial charge on any atom is -0.467 e. The van der Waals surface area contributed by atoms with Crippen LogP contribution in [0, 0.1) is 6.92 Å². The number of fused-ring (bicyclic) bond motifs is 1. The van der Waals surface area contributed by atoms with Crippen molar-refractivity contribution >= 4 is 22.8 Å². The average molecular weight is 285 g/mol. The van der Waals surface area contributed by atoms with Gasteiger partial charge in [0.2, 0.25) is 5.95 Å². The van der Waals surface area contributed by atoms with Crippen LogP contribution < -0.4 is 9.80 Å². The van der Waals surface area contributed by atoms with Gasteiger partial charge in [0, 0.05) is 26.8 Å². The fourth-order valence-corrected chi connectivity index (χ4v) is 2.32. The van der Waals surface area contributed by atoms with Crippen LogP contribution in [0.3, 0.4) is 0 Å². The fraction of sp³-hybridized carbons (Fsp3) is 0.333. The highest BCUT2D eigenvalue weighted by molar-refractivity contribution is 5.89. The molecule has 0 radical (unpaired) electrons. The highest BCUT2D eigenvalue weighted by Gasteiger charge is 2.15. The Morgan fingerprint density at radius 2 is 2.05 bits per heavy atom. The Labute approximate surface area is 123 Å². The molecule has 0 saturated carbocycles. The summed E-state index contributed by atoms with van der Waals surface area (Å²) in [5.41, 5.74) is 1.93. The predicted octanol–water partition coefficient (Wildman–Crippen LogP) is 2.56. The Hall–Kier alpha value is -2.50. The monoisotopic (exact) mass is 285 g/mol. The third-order valence-corrected chi connectivity index (χ3v) is 3.32. The van der Waals surface area contributed by atoms with Gasteiger partial charge in [-0.15, -0.1) is 0 Å². The van der Waals surface area contributed by atoms with Crippen molar-refractivity contribution < 1.29 is 4.42 Å². The summed E-state index contributed by atoms with van der Waals surface area (Å²) in [6, 6.07) is 5.93. The molecule has 0 amide bonds. The quantitative estimate of drug-likeness (QED) is 0.798. The SMILES string of the molecule is Cc1cc2c(N(C)Cc3ccco3)nc(N(C)C)nc2[nH]1. The highest BCUT2D eigenvalue weighted by Crippen LogP contribution is 2.27. The van der Waals surface area contributed by atoms with E-state index in [1.807, 2.05) is 45.1 Å². The summed E-state index contributed by atoms with van der Waals surface area (Å²) in [4.78, 5) is 16.5.